The summed E-state index contributed by atoms with van der Waals surface area (Å²) < 4.78 is 6.76. The Balaban J connectivity index is 2.13. The molecule has 1 atom stereocenters. The highest BCUT2D eigenvalue weighted by Gasteiger charge is 2.52. The van der Waals surface area contributed by atoms with Crippen LogP contribution in [0, 0.1) is 11.3 Å². The number of hydrogen-bond acceptors (Lipinski definition) is 5. The second-order valence-corrected chi connectivity index (χ2v) is 7.07. The van der Waals surface area contributed by atoms with Gasteiger partial charge >= 0.3 is 12.1 Å². The topological polar surface area (TPSA) is 106 Å². The normalized spacial score (nSPS) is 17.4. The van der Waals surface area contributed by atoms with Crippen LogP contribution in [0.4, 0.5) is 4.79 Å². The summed E-state index contributed by atoms with van der Waals surface area (Å²) in [5.41, 5.74) is -1.71. The van der Waals surface area contributed by atoms with Gasteiger partial charge in [-0.25, -0.2) is 9.78 Å². The number of ether oxygens (including phenoxy) is 1. The smallest absolute Gasteiger partial charge is 0.407 e. The van der Waals surface area contributed by atoms with E-state index in [1.54, 1.807) is 32.5 Å². The van der Waals surface area contributed by atoms with E-state index in [0.29, 0.717) is 5.82 Å². The van der Waals surface area contributed by atoms with Crippen molar-refractivity contribution in [3.8, 4) is 0 Å². The number of carboxylic acid groups (broad SMARTS) is 1. The van der Waals surface area contributed by atoms with Gasteiger partial charge in [0, 0.05) is 20.0 Å². The monoisotopic (exact) mass is 324 g/mol. The number of carboxylic acids is 1. The van der Waals surface area contributed by atoms with E-state index in [2.05, 4.69) is 15.4 Å². The van der Waals surface area contributed by atoms with Crippen LogP contribution in [0.3, 0.4) is 0 Å². The first-order valence-corrected chi connectivity index (χ1v) is 7.67. The van der Waals surface area contributed by atoms with Crippen LogP contribution in [0.25, 0.3) is 0 Å². The number of aryl methyl sites for hydroxylation is 1. The van der Waals surface area contributed by atoms with E-state index in [1.165, 1.54) is 6.33 Å². The van der Waals surface area contributed by atoms with Crippen molar-refractivity contribution in [2.75, 3.05) is 6.54 Å². The third-order valence-corrected chi connectivity index (χ3v) is 4.01. The van der Waals surface area contributed by atoms with Gasteiger partial charge in [-0.05, 0) is 39.5 Å². The van der Waals surface area contributed by atoms with Crippen LogP contribution < -0.4 is 5.32 Å². The first kappa shape index (κ1) is 17.2. The first-order chi connectivity index (χ1) is 10.6. The molecule has 1 aliphatic carbocycles. The lowest BCUT2D eigenvalue weighted by Gasteiger charge is -2.30. The van der Waals surface area contributed by atoms with Crippen LogP contribution in [0.5, 0.6) is 0 Å². The van der Waals surface area contributed by atoms with Crippen molar-refractivity contribution in [1.82, 2.24) is 20.1 Å². The van der Waals surface area contributed by atoms with Gasteiger partial charge in [-0.3, -0.25) is 9.48 Å². The average Bonchev–Trinajstić information content (AvgIpc) is 3.18. The van der Waals surface area contributed by atoms with Crippen molar-refractivity contribution in [2.24, 2.45) is 18.4 Å². The number of hydrogen-bond donors (Lipinski definition) is 2. The van der Waals surface area contributed by atoms with Crippen molar-refractivity contribution < 1.29 is 19.4 Å². The standard InChI is InChI=1S/C15H24N4O4/c1-14(2,3)23-13(22)16-8-15(12(20)21,10-5-6-10)7-11-17-9-18-19(11)4/h9-10H,5-8H2,1-4H3,(H,16,22)(H,20,21). The predicted octanol–water partition coefficient (Wildman–Crippen LogP) is 1.36. The Hall–Kier alpha value is -2.12. The summed E-state index contributed by atoms with van der Waals surface area (Å²) in [5, 5.41) is 16.4. The lowest BCUT2D eigenvalue weighted by atomic mass is 9.79. The maximum absolute atomic E-state index is 12.0. The molecule has 1 fully saturated rings. The van der Waals surface area contributed by atoms with Gasteiger partial charge < -0.3 is 15.2 Å². The maximum Gasteiger partial charge on any atom is 0.407 e. The number of carbonyl (C=O) groups excluding carboxylic acids is 1. The van der Waals surface area contributed by atoms with Gasteiger partial charge in [-0.2, -0.15) is 5.10 Å². The molecule has 1 saturated carbocycles. The zero-order valence-corrected chi connectivity index (χ0v) is 14.0. The molecule has 0 spiro atoms. The quantitative estimate of drug-likeness (QED) is 0.818. The minimum atomic E-state index is -1.09. The third kappa shape index (κ3) is 4.20. The van der Waals surface area contributed by atoms with Crippen LogP contribution in [0.1, 0.15) is 39.4 Å². The molecule has 1 aromatic rings. The van der Waals surface area contributed by atoms with Gasteiger partial charge in [0.25, 0.3) is 0 Å². The van der Waals surface area contributed by atoms with Gasteiger partial charge in [-0.1, -0.05) is 0 Å². The minimum Gasteiger partial charge on any atom is -0.481 e. The molecule has 23 heavy (non-hydrogen) atoms. The second-order valence-electron chi connectivity index (χ2n) is 7.07. The summed E-state index contributed by atoms with van der Waals surface area (Å²) in [4.78, 5) is 28.0. The van der Waals surface area contributed by atoms with Gasteiger partial charge in [0.05, 0.1) is 5.41 Å². The molecule has 1 aliphatic rings. The van der Waals surface area contributed by atoms with Crippen LogP contribution in [0.15, 0.2) is 6.33 Å². The Labute approximate surface area is 135 Å². The van der Waals surface area contributed by atoms with Crippen LogP contribution in [-0.4, -0.2) is 44.1 Å². The van der Waals surface area contributed by atoms with Gasteiger partial charge in [0.2, 0.25) is 0 Å². The van der Waals surface area contributed by atoms with E-state index in [-0.39, 0.29) is 18.9 Å². The Bertz CT molecular complexity index is 589. The van der Waals surface area contributed by atoms with Crippen LogP contribution in [0.2, 0.25) is 0 Å². The molecule has 0 bridgehead atoms. The molecule has 8 nitrogen and oxygen atoms in total. The summed E-state index contributed by atoms with van der Waals surface area (Å²) in [6.45, 7) is 5.29. The fourth-order valence-corrected chi connectivity index (χ4v) is 2.62. The van der Waals surface area contributed by atoms with E-state index in [1.807, 2.05) is 0 Å². The van der Waals surface area contributed by atoms with E-state index in [0.717, 1.165) is 12.8 Å². The van der Waals surface area contributed by atoms with Crippen molar-refractivity contribution in [2.45, 2.75) is 45.6 Å². The van der Waals surface area contributed by atoms with Crippen LogP contribution >= 0.6 is 0 Å². The van der Waals surface area contributed by atoms with E-state index in [4.69, 9.17) is 4.74 Å². The third-order valence-electron chi connectivity index (χ3n) is 4.01. The minimum absolute atomic E-state index is 0.00870. The van der Waals surface area contributed by atoms with Gasteiger partial charge in [0.15, 0.2) is 0 Å². The Kier molecular flexibility index (Phi) is 4.63. The SMILES string of the molecule is Cn1ncnc1CC(CNC(=O)OC(C)(C)C)(C(=O)O)C1CC1. The van der Waals surface area contributed by atoms with Crippen molar-refractivity contribution in [3.63, 3.8) is 0 Å². The number of amides is 1. The molecule has 1 amide bonds. The number of nitrogens with zero attached hydrogens (tertiary/aromatic N) is 3. The molecule has 2 N–H and O–H groups in total. The number of alkyl carbamates (subject to hydrolysis) is 1. The highest BCUT2D eigenvalue weighted by Crippen LogP contribution is 2.47. The highest BCUT2D eigenvalue weighted by molar-refractivity contribution is 5.77. The second kappa shape index (κ2) is 6.17. The fraction of sp³-hybridized carbons (Fsp3) is 0.733. The maximum atomic E-state index is 12.0. The van der Waals surface area contributed by atoms with Gasteiger partial charge in [0.1, 0.15) is 17.8 Å². The summed E-state index contributed by atoms with van der Waals surface area (Å²) >= 11 is 0. The molecule has 2 rings (SSSR count). The Morgan fingerprint density at radius 2 is 2.09 bits per heavy atom. The Morgan fingerprint density at radius 1 is 1.43 bits per heavy atom. The number of carbonyl (C=O) groups is 2. The molecular formula is C15H24N4O4. The summed E-state index contributed by atoms with van der Waals surface area (Å²) in [5.74, 6) is -0.323. The number of nitrogens with one attached hydrogen (secondary N) is 1. The molecule has 0 radical (unpaired) electrons. The van der Waals surface area contributed by atoms with E-state index < -0.39 is 23.1 Å². The number of aromatic nitrogens is 3. The number of rotatable bonds is 6. The lowest BCUT2D eigenvalue weighted by molar-refractivity contribution is -0.150. The first-order valence-electron chi connectivity index (χ1n) is 7.67. The average molecular weight is 324 g/mol. The zero-order chi connectivity index (χ0) is 17.3. The molecule has 8 heteroatoms. The summed E-state index contributed by atoms with van der Waals surface area (Å²) in [6, 6.07) is 0. The van der Waals surface area contributed by atoms with E-state index in [9.17, 15) is 14.7 Å². The number of aliphatic carboxylic acids is 1. The molecule has 1 aromatic heterocycles. The predicted molar refractivity (Wildman–Crippen MR) is 81.7 cm³/mol. The molecule has 0 saturated heterocycles. The highest BCUT2D eigenvalue weighted by atomic mass is 16.6. The molecule has 128 valence electrons. The van der Waals surface area contributed by atoms with Crippen molar-refractivity contribution in [3.05, 3.63) is 12.2 Å². The summed E-state index contributed by atoms with van der Waals surface area (Å²) in [7, 11) is 1.73. The molecule has 0 aliphatic heterocycles. The molecule has 1 heterocycles. The van der Waals surface area contributed by atoms with Gasteiger partial charge in [-0.15, -0.1) is 0 Å². The van der Waals surface area contributed by atoms with Crippen molar-refractivity contribution in [1.29, 1.82) is 0 Å². The molecular weight excluding hydrogens is 300 g/mol. The largest absolute Gasteiger partial charge is 0.481 e. The molecule has 1 unspecified atom stereocenters. The lowest BCUT2D eigenvalue weighted by Crippen LogP contribution is -2.47. The zero-order valence-electron chi connectivity index (χ0n) is 14.0. The fourth-order valence-electron chi connectivity index (χ4n) is 2.62. The van der Waals surface area contributed by atoms with E-state index >= 15 is 0 Å². The van der Waals surface area contributed by atoms with Crippen molar-refractivity contribution >= 4 is 12.1 Å². The molecule has 0 aromatic carbocycles. The summed E-state index contributed by atoms with van der Waals surface area (Å²) in [6.07, 6.45) is 2.68. The Morgan fingerprint density at radius 3 is 2.52 bits per heavy atom. The van der Waals surface area contributed by atoms with Crippen LogP contribution in [-0.2, 0) is 23.0 Å².